The molecule has 130 valence electrons. The third-order valence-electron chi connectivity index (χ3n) is 4.34. The Hall–Kier alpha value is -1.63. The van der Waals surface area contributed by atoms with Crippen molar-refractivity contribution in [3.63, 3.8) is 0 Å². The van der Waals surface area contributed by atoms with Crippen LogP contribution in [-0.4, -0.2) is 27.3 Å². The Kier molecular flexibility index (Phi) is 5.71. The number of rotatable bonds is 5. The summed E-state index contributed by atoms with van der Waals surface area (Å²) in [6.07, 6.45) is 6.68. The molecule has 2 aromatic rings. The zero-order valence-electron chi connectivity index (χ0n) is 13.4. The molecule has 4 nitrogen and oxygen atoms in total. The number of nitrogens with one attached hydrogen (secondary N) is 1. The number of thioether (sulfide) groups is 1. The molecule has 1 aromatic carbocycles. The van der Waals surface area contributed by atoms with E-state index in [0.29, 0.717) is 22.8 Å². The topological polar surface area (TPSA) is 46.9 Å². The molecule has 0 unspecified atom stereocenters. The number of halogens is 2. The maximum absolute atomic E-state index is 12.8. The SMILES string of the molecule is O=C(Cn1c(SC(F)F)nc2ccccc21)NC1CCCCCC1. The Labute approximate surface area is 144 Å². The van der Waals surface area contributed by atoms with Crippen LogP contribution in [0.1, 0.15) is 38.5 Å². The number of imidazole rings is 1. The summed E-state index contributed by atoms with van der Waals surface area (Å²) < 4.78 is 27.2. The number of benzene rings is 1. The molecule has 1 aliphatic carbocycles. The second-order valence-electron chi connectivity index (χ2n) is 6.10. The number of hydrogen-bond acceptors (Lipinski definition) is 3. The van der Waals surface area contributed by atoms with Crippen LogP contribution in [0.15, 0.2) is 29.4 Å². The maximum atomic E-state index is 12.8. The summed E-state index contributed by atoms with van der Waals surface area (Å²) in [4.78, 5) is 16.6. The zero-order valence-corrected chi connectivity index (χ0v) is 14.2. The molecule has 1 aliphatic rings. The summed E-state index contributed by atoms with van der Waals surface area (Å²) in [5, 5.41) is 3.24. The fourth-order valence-electron chi connectivity index (χ4n) is 3.22. The molecule has 0 spiro atoms. The number of alkyl halides is 2. The first-order valence-corrected chi connectivity index (χ1v) is 9.21. The van der Waals surface area contributed by atoms with Crippen LogP contribution in [-0.2, 0) is 11.3 Å². The minimum Gasteiger partial charge on any atom is -0.352 e. The molecule has 0 bridgehead atoms. The van der Waals surface area contributed by atoms with Gasteiger partial charge in [0.2, 0.25) is 5.91 Å². The van der Waals surface area contributed by atoms with Crippen molar-refractivity contribution in [1.29, 1.82) is 0 Å². The van der Waals surface area contributed by atoms with Crippen LogP contribution in [0.3, 0.4) is 0 Å². The van der Waals surface area contributed by atoms with Crippen LogP contribution in [0, 0.1) is 0 Å². The Morgan fingerprint density at radius 2 is 1.96 bits per heavy atom. The molecule has 1 saturated carbocycles. The van der Waals surface area contributed by atoms with Crippen LogP contribution in [0.25, 0.3) is 11.0 Å². The van der Waals surface area contributed by atoms with Crippen molar-refractivity contribution >= 4 is 28.7 Å². The molecule has 1 N–H and O–H groups in total. The molecule has 0 aliphatic heterocycles. The number of nitrogens with zero attached hydrogens (tertiary/aromatic N) is 2. The van der Waals surface area contributed by atoms with Gasteiger partial charge in [0.25, 0.3) is 5.76 Å². The fraction of sp³-hybridized carbons (Fsp3) is 0.529. The molecule has 0 atom stereocenters. The van der Waals surface area contributed by atoms with Gasteiger partial charge in [-0.05, 0) is 36.7 Å². The number of hydrogen-bond donors (Lipinski definition) is 1. The third-order valence-corrected chi connectivity index (χ3v) is 5.04. The minimum atomic E-state index is -2.56. The third kappa shape index (κ3) is 4.26. The summed E-state index contributed by atoms with van der Waals surface area (Å²) >= 11 is 0.381. The molecule has 1 fully saturated rings. The van der Waals surface area contributed by atoms with E-state index in [1.54, 1.807) is 16.7 Å². The average Bonchev–Trinajstić information content (AvgIpc) is 2.72. The smallest absolute Gasteiger partial charge is 0.291 e. The molecular weight excluding hydrogens is 332 g/mol. The highest BCUT2D eigenvalue weighted by molar-refractivity contribution is 7.99. The van der Waals surface area contributed by atoms with Crippen LogP contribution in [0.5, 0.6) is 0 Å². The summed E-state index contributed by atoms with van der Waals surface area (Å²) in [7, 11) is 0. The van der Waals surface area contributed by atoms with Gasteiger partial charge in [-0.15, -0.1) is 0 Å². The Balaban J connectivity index is 1.76. The predicted molar refractivity (Wildman–Crippen MR) is 91.2 cm³/mol. The zero-order chi connectivity index (χ0) is 16.9. The Morgan fingerprint density at radius 1 is 1.25 bits per heavy atom. The Morgan fingerprint density at radius 3 is 2.67 bits per heavy atom. The van der Waals surface area contributed by atoms with E-state index in [9.17, 15) is 13.6 Å². The lowest BCUT2D eigenvalue weighted by molar-refractivity contribution is -0.122. The van der Waals surface area contributed by atoms with Gasteiger partial charge < -0.3 is 9.88 Å². The summed E-state index contributed by atoms with van der Waals surface area (Å²) in [6, 6.07) is 7.39. The van der Waals surface area contributed by atoms with Gasteiger partial charge in [-0.2, -0.15) is 8.78 Å². The van der Waals surface area contributed by atoms with Crippen molar-refractivity contribution in [3.05, 3.63) is 24.3 Å². The summed E-state index contributed by atoms with van der Waals surface area (Å²) in [5.41, 5.74) is 1.33. The standard InChI is InChI=1S/C17H21F2N3OS/c18-16(19)24-17-21-13-9-5-6-10-14(13)22(17)11-15(23)20-12-7-3-1-2-4-8-12/h5-6,9-10,12,16H,1-4,7-8,11H2,(H,20,23). The van der Waals surface area contributed by atoms with E-state index in [0.717, 1.165) is 25.7 Å². The first-order valence-electron chi connectivity index (χ1n) is 8.33. The maximum Gasteiger partial charge on any atom is 0.291 e. The summed E-state index contributed by atoms with van der Waals surface area (Å²) in [6.45, 7) is 0.0199. The molecule has 24 heavy (non-hydrogen) atoms. The van der Waals surface area contributed by atoms with E-state index >= 15 is 0 Å². The van der Waals surface area contributed by atoms with E-state index in [-0.39, 0.29) is 23.7 Å². The van der Waals surface area contributed by atoms with Gasteiger partial charge in [-0.1, -0.05) is 37.8 Å². The molecule has 7 heteroatoms. The number of amides is 1. The van der Waals surface area contributed by atoms with Crippen LogP contribution < -0.4 is 5.32 Å². The van der Waals surface area contributed by atoms with Gasteiger partial charge in [0.15, 0.2) is 5.16 Å². The molecule has 1 amide bonds. The molecule has 1 heterocycles. The number of fused-ring (bicyclic) bond motifs is 1. The van der Waals surface area contributed by atoms with Gasteiger partial charge in [0.05, 0.1) is 11.0 Å². The van der Waals surface area contributed by atoms with Gasteiger partial charge in [-0.25, -0.2) is 4.98 Å². The first kappa shape index (κ1) is 17.2. The molecule has 1 aromatic heterocycles. The van der Waals surface area contributed by atoms with Crippen LogP contribution in [0.2, 0.25) is 0 Å². The van der Waals surface area contributed by atoms with Crippen LogP contribution in [0.4, 0.5) is 8.78 Å². The average molecular weight is 353 g/mol. The molecule has 0 saturated heterocycles. The Bertz CT molecular complexity index is 696. The monoisotopic (exact) mass is 353 g/mol. The van der Waals surface area contributed by atoms with Crippen molar-refractivity contribution in [2.75, 3.05) is 0 Å². The highest BCUT2D eigenvalue weighted by atomic mass is 32.2. The van der Waals surface area contributed by atoms with Gasteiger partial charge in [-0.3, -0.25) is 4.79 Å². The van der Waals surface area contributed by atoms with Gasteiger partial charge in [0, 0.05) is 6.04 Å². The number of aromatic nitrogens is 2. The second-order valence-corrected chi connectivity index (χ2v) is 7.06. The van der Waals surface area contributed by atoms with Gasteiger partial charge in [0.1, 0.15) is 6.54 Å². The number of carbonyl (C=O) groups excluding carboxylic acids is 1. The second kappa shape index (κ2) is 7.96. The van der Waals surface area contributed by atoms with Crippen molar-refractivity contribution in [3.8, 4) is 0 Å². The largest absolute Gasteiger partial charge is 0.352 e. The highest BCUT2D eigenvalue weighted by Crippen LogP contribution is 2.28. The van der Waals surface area contributed by atoms with E-state index in [4.69, 9.17) is 0 Å². The lowest BCUT2D eigenvalue weighted by Crippen LogP contribution is -2.36. The first-order chi connectivity index (χ1) is 11.6. The van der Waals surface area contributed by atoms with E-state index in [1.165, 1.54) is 12.8 Å². The fourth-order valence-corrected chi connectivity index (χ4v) is 3.82. The lowest BCUT2D eigenvalue weighted by Gasteiger charge is -2.17. The minimum absolute atomic E-state index is 0.0199. The van der Waals surface area contributed by atoms with Crippen molar-refractivity contribution in [1.82, 2.24) is 14.9 Å². The van der Waals surface area contributed by atoms with E-state index in [1.807, 2.05) is 12.1 Å². The van der Waals surface area contributed by atoms with Gasteiger partial charge >= 0.3 is 0 Å². The van der Waals surface area contributed by atoms with E-state index < -0.39 is 5.76 Å². The predicted octanol–water partition coefficient (Wildman–Crippen LogP) is 4.19. The molecular formula is C17H21F2N3OS. The van der Waals surface area contributed by atoms with Crippen molar-refractivity contribution in [2.24, 2.45) is 0 Å². The number of carbonyl (C=O) groups is 1. The molecule has 3 rings (SSSR count). The lowest BCUT2D eigenvalue weighted by atomic mass is 10.1. The highest BCUT2D eigenvalue weighted by Gasteiger charge is 2.19. The summed E-state index contributed by atoms with van der Waals surface area (Å²) in [5.74, 6) is -2.70. The van der Waals surface area contributed by atoms with Crippen molar-refractivity contribution in [2.45, 2.75) is 62.0 Å². The normalized spacial score (nSPS) is 16.5. The quantitative estimate of drug-likeness (QED) is 0.648. The van der Waals surface area contributed by atoms with Crippen LogP contribution >= 0.6 is 11.8 Å². The number of para-hydroxylation sites is 2. The van der Waals surface area contributed by atoms with Crippen molar-refractivity contribution < 1.29 is 13.6 Å². The van der Waals surface area contributed by atoms with E-state index in [2.05, 4.69) is 10.3 Å². The molecule has 0 radical (unpaired) electrons.